The molecule has 0 radical (unpaired) electrons. The normalized spacial score (nSPS) is 0. The molecule has 0 rings (SSSR count). The molecular weight excluding hydrogens is 119 g/mol. The van der Waals surface area contributed by atoms with Crippen LogP contribution in [0.4, 0.5) is 0 Å². The van der Waals surface area contributed by atoms with Crippen LogP contribution in [0.3, 0.4) is 0 Å². The molecule has 0 fully saturated rings. The van der Waals surface area contributed by atoms with Crippen LogP contribution >= 0.6 is 0 Å². The number of rotatable bonds is 0. The van der Waals surface area contributed by atoms with Crippen molar-refractivity contribution in [3.05, 3.63) is 0 Å². The van der Waals surface area contributed by atoms with Crippen molar-refractivity contribution in [2.24, 2.45) is 0 Å². The zero-order valence-electron chi connectivity index (χ0n) is 2.11. The van der Waals surface area contributed by atoms with Crippen LogP contribution in [0.2, 0.25) is 0 Å². The average molecular weight is 120 g/mol. The van der Waals surface area contributed by atoms with Crippen molar-refractivity contribution in [1.29, 1.82) is 0 Å². The molecule has 0 aliphatic rings. The fourth-order valence-corrected chi connectivity index (χ4v) is 0. The molecule has 0 saturated heterocycles. The van der Waals surface area contributed by atoms with Gasteiger partial charge in [-0.1, -0.05) is 0 Å². The van der Waals surface area contributed by atoms with Gasteiger partial charge >= 0.3 is 55.1 Å². The van der Waals surface area contributed by atoms with Crippen LogP contribution in [0.25, 0.3) is 0 Å². The standard InChI is InChI=1S/Al.Ca.ClH.H2O/h;;1H;1H2/q+3;+2;;/p-2. The van der Waals surface area contributed by atoms with E-state index in [1.165, 1.54) is 0 Å². The fourth-order valence-electron chi connectivity index (χ4n) is 0. The first kappa shape index (κ1) is 36.8. The molecule has 16 valence electrons. The zero-order valence-corrected chi connectivity index (χ0v) is 6.23. The summed E-state index contributed by atoms with van der Waals surface area (Å²) in [7, 11) is 0. The Labute approximate surface area is 72.0 Å². The first-order chi connectivity index (χ1) is 0. The Kier molecular flexibility index (Phi) is 182. The third-order valence-corrected chi connectivity index (χ3v) is 0. The predicted molar refractivity (Wildman–Crippen MR) is 13.4 cm³/mol. The number of hydrogen-bond acceptors (Lipinski definition) is 1. The summed E-state index contributed by atoms with van der Waals surface area (Å²) < 4.78 is 0. The molecule has 0 amide bonds. The summed E-state index contributed by atoms with van der Waals surface area (Å²) in [5.74, 6) is 0. The van der Waals surface area contributed by atoms with E-state index in [0.717, 1.165) is 0 Å². The Morgan fingerprint density at radius 3 is 1.00 bits per heavy atom. The second-order valence-electron chi connectivity index (χ2n) is 0. The van der Waals surface area contributed by atoms with Crippen LogP contribution in [-0.2, 0) is 0 Å². The summed E-state index contributed by atoms with van der Waals surface area (Å²) in [6, 6.07) is 0. The average Bonchev–Trinajstić information content (AvgIpc) is 0. The van der Waals surface area contributed by atoms with E-state index in [-0.39, 0.29) is 73.0 Å². The van der Waals surface area contributed by atoms with Crippen molar-refractivity contribution in [3.8, 4) is 0 Å². The second kappa shape index (κ2) is 19.8. The second-order valence-corrected chi connectivity index (χ2v) is 0. The predicted octanol–water partition coefficient (Wildman–Crippen LogP) is -3.93. The van der Waals surface area contributed by atoms with Crippen molar-refractivity contribution in [2.45, 2.75) is 0 Å². The third kappa shape index (κ3) is 8.97. The topological polar surface area (TPSA) is 30.0 Å². The molecular formula is HAlCaClO+3. The summed E-state index contributed by atoms with van der Waals surface area (Å²) in [6.07, 6.45) is 0. The number of hydrogen-bond donors (Lipinski definition) is 0. The molecule has 1 N–H and O–H groups in total. The summed E-state index contributed by atoms with van der Waals surface area (Å²) in [5.41, 5.74) is 0. The minimum absolute atomic E-state index is 0. The van der Waals surface area contributed by atoms with Crippen molar-refractivity contribution >= 4 is 55.1 Å². The van der Waals surface area contributed by atoms with Gasteiger partial charge in [0, 0.05) is 0 Å². The van der Waals surface area contributed by atoms with E-state index in [1.807, 2.05) is 0 Å². The summed E-state index contributed by atoms with van der Waals surface area (Å²) in [6.45, 7) is 0. The Morgan fingerprint density at radius 2 is 1.00 bits per heavy atom. The van der Waals surface area contributed by atoms with E-state index < -0.39 is 0 Å². The van der Waals surface area contributed by atoms with Crippen LogP contribution in [0.15, 0.2) is 0 Å². The van der Waals surface area contributed by atoms with Crippen LogP contribution in [0.5, 0.6) is 0 Å². The molecule has 0 atom stereocenters. The van der Waals surface area contributed by atoms with Gasteiger partial charge < -0.3 is 17.9 Å². The van der Waals surface area contributed by atoms with Crippen molar-refractivity contribution < 1.29 is 17.9 Å². The SMILES string of the molecule is [Al+3].[Ca+2].[Cl-].[OH-]. The fraction of sp³-hybridized carbons (Fsp3) is 0. The molecule has 4 heteroatoms. The van der Waals surface area contributed by atoms with E-state index in [1.54, 1.807) is 0 Å². The van der Waals surface area contributed by atoms with E-state index >= 15 is 0 Å². The first-order valence-corrected chi connectivity index (χ1v) is 0. The molecule has 0 aliphatic heterocycles. The van der Waals surface area contributed by atoms with Crippen LogP contribution in [0.1, 0.15) is 0 Å². The molecule has 0 saturated carbocycles. The summed E-state index contributed by atoms with van der Waals surface area (Å²) in [5, 5.41) is 0. The molecule has 0 aromatic carbocycles. The smallest absolute Gasteiger partial charge is 1.00 e. The minimum Gasteiger partial charge on any atom is -1.00 e. The summed E-state index contributed by atoms with van der Waals surface area (Å²) in [4.78, 5) is 0. The van der Waals surface area contributed by atoms with Gasteiger partial charge in [0.05, 0.1) is 0 Å². The van der Waals surface area contributed by atoms with Gasteiger partial charge in [-0.3, -0.25) is 0 Å². The van der Waals surface area contributed by atoms with E-state index in [4.69, 9.17) is 0 Å². The largest absolute Gasteiger partial charge is 3.00 e. The maximum absolute atomic E-state index is 0. The van der Waals surface area contributed by atoms with Gasteiger partial charge in [0.15, 0.2) is 0 Å². The van der Waals surface area contributed by atoms with Gasteiger partial charge in [-0.25, -0.2) is 0 Å². The third-order valence-electron chi connectivity index (χ3n) is 0. The van der Waals surface area contributed by atoms with Crippen LogP contribution < -0.4 is 12.4 Å². The Balaban J connectivity index is 0. The molecule has 4 heavy (non-hydrogen) atoms. The number of halogens is 1. The van der Waals surface area contributed by atoms with Gasteiger partial charge in [0.25, 0.3) is 0 Å². The summed E-state index contributed by atoms with van der Waals surface area (Å²) >= 11 is 0. The van der Waals surface area contributed by atoms with Crippen molar-refractivity contribution in [1.82, 2.24) is 0 Å². The molecule has 0 bridgehead atoms. The molecule has 0 spiro atoms. The molecule has 0 aromatic heterocycles. The molecule has 0 aliphatic carbocycles. The quantitative estimate of drug-likeness (QED) is 0.300. The molecule has 1 nitrogen and oxygen atoms in total. The van der Waals surface area contributed by atoms with Gasteiger partial charge in [-0.2, -0.15) is 0 Å². The van der Waals surface area contributed by atoms with E-state index in [0.29, 0.717) is 0 Å². The minimum atomic E-state index is 0. The van der Waals surface area contributed by atoms with Gasteiger partial charge in [0.2, 0.25) is 0 Å². The van der Waals surface area contributed by atoms with Gasteiger partial charge in [-0.05, 0) is 0 Å². The Hall–Kier alpha value is 2.04. The van der Waals surface area contributed by atoms with E-state index in [2.05, 4.69) is 0 Å². The van der Waals surface area contributed by atoms with Crippen molar-refractivity contribution in [3.63, 3.8) is 0 Å². The molecule has 0 heterocycles. The van der Waals surface area contributed by atoms with Gasteiger partial charge in [-0.15, -0.1) is 0 Å². The molecule has 0 unspecified atom stereocenters. The Morgan fingerprint density at radius 1 is 1.00 bits per heavy atom. The van der Waals surface area contributed by atoms with Gasteiger partial charge in [0.1, 0.15) is 0 Å². The molecule has 0 aromatic rings. The maximum Gasteiger partial charge on any atom is 3.00 e. The van der Waals surface area contributed by atoms with Crippen molar-refractivity contribution in [2.75, 3.05) is 0 Å². The Bertz CT molecular complexity index is 8.00. The van der Waals surface area contributed by atoms with Crippen LogP contribution in [-0.4, -0.2) is 60.6 Å². The maximum atomic E-state index is 0. The zero-order chi connectivity index (χ0) is 0. The van der Waals surface area contributed by atoms with E-state index in [9.17, 15) is 0 Å². The van der Waals surface area contributed by atoms with Crippen LogP contribution in [0, 0.1) is 0 Å². The monoisotopic (exact) mass is 119 g/mol. The first-order valence-electron chi connectivity index (χ1n) is 0.